The molecule has 8 heteroatoms. The number of thioether (sulfide) groups is 1. The molecule has 2 heterocycles. The Bertz CT molecular complexity index is 867. The lowest BCUT2D eigenvalue weighted by Gasteiger charge is -2.19. The highest BCUT2D eigenvalue weighted by Gasteiger charge is 2.16. The molecule has 1 aromatic carbocycles. The zero-order valence-electron chi connectivity index (χ0n) is 16.3. The predicted molar refractivity (Wildman–Crippen MR) is 115 cm³/mol. The van der Waals surface area contributed by atoms with Gasteiger partial charge in [0, 0.05) is 26.7 Å². The second-order valence-corrected chi connectivity index (χ2v) is 8.78. The minimum absolute atomic E-state index is 0.136. The topological polar surface area (TPSA) is 63.9 Å². The third-order valence-electron chi connectivity index (χ3n) is 4.74. The number of hydrogen-bond acceptors (Lipinski definition) is 5. The Hall–Kier alpha value is -1.64. The number of likely N-dealkylation sites (tertiary alicyclic amines) is 1. The Balaban J connectivity index is 1.61. The first-order valence-electron chi connectivity index (χ1n) is 9.69. The van der Waals surface area contributed by atoms with Gasteiger partial charge >= 0.3 is 0 Å². The van der Waals surface area contributed by atoms with E-state index in [2.05, 4.69) is 4.99 Å². The van der Waals surface area contributed by atoms with Crippen LogP contribution in [0.3, 0.4) is 0 Å². The van der Waals surface area contributed by atoms with Crippen molar-refractivity contribution in [2.24, 2.45) is 4.99 Å². The number of amides is 2. The number of nitrogens with zero attached hydrogens (tertiary/aromatic N) is 3. The summed E-state index contributed by atoms with van der Waals surface area (Å²) >= 11 is 2.86. The van der Waals surface area contributed by atoms with Crippen molar-refractivity contribution < 1.29 is 14.3 Å². The maximum Gasteiger partial charge on any atom is 0.258 e. The first-order valence-corrected chi connectivity index (χ1v) is 11.7. The molecule has 1 fully saturated rings. The molecule has 1 aromatic heterocycles. The third-order valence-corrected chi connectivity index (χ3v) is 6.70. The molecule has 0 spiro atoms. The third kappa shape index (κ3) is 5.68. The SMILES string of the molecule is COCCn1c(=NC(=O)CSCC(=O)N2CCCCCC2)sc2ccccc21. The summed E-state index contributed by atoms with van der Waals surface area (Å²) in [6.07, 6.45) is 4.56. The molecule has 0 aliphatic carbocycles. The summed E-state index contributed by atoms with van der Waals surface area (Å²) < 4.78 is 8.31. The van der Waals surface area contributed by atoms with Crippen LogP contribution in [-0.4, -0.2) is 59.6 Å². The number of benzene rings is 1. The molecule has 28 heavy (non-hydrogen) atoms. The zero-order chi connectivity index (χ0) is 19.8. The summed E-state index contributed by atoms with van der Waals surface area (Å²) in [5.74, 6) is 0.498. The monoisotopic (exact) mass is 421 g/mol. The van der Waals surface area contributed by atoms with Crippen molar-refractivity contribution >= 4 is 45.1 Å². The summed E-state index contributed by atoms with van der Waals surface area (Å²) in [7, 11) is 1.66. The van der Waals surface area contributed by atoms with Crippen molar-refractivity contribution in [3.8, 4) is 0 Å². The number of thiazole rings is 1. The van der Waals surface area contributed by atoms with E-state index in [1.54, 1.807) is 7.11 Å². The number of ether oxygens (including phenoxy) is 1. The van der Waals surface area contributed by atoms with E-state index in [1.165, 1.54) is 35.9 Å². The summed E-state index contributed by atoms with van der Waals surface area (Å²) in [5.41, 5.74) is 1.06. The van der Waals surface area contributed by atoms with E-state index >= 15 is 0 Å². The van der Waals surface area contributed by atoms with E-state index in [0.29, 0.717) is 23.7 Å². The van der Waals surface area contributed by atoms with E-state index in [0.717, 1.165) is 36.1 Å². The highest BCUT2D eigenvalue weighted by Crippen LogP contribution is 2.17. The van der Waals surface area contributed by atoms with Gasteiger partial charge < -0.3 is 14.2 Å². The molecule has 0 atom stereocenters. The van der Waals surface area contributed by atoms with E-state index in [4.69, 9.17) is 4.74 Å². The second kappa shape index (κ2) is 10.8. The highest BCUT2D eigenvalue weighted by atomic mass is 32.2. The maximum absolute atomic E-state index is 12.4. The van der Waals surface area contributed by atoms with Crippen molar-refractivity contribution in [1.82, 2.24) is 9.47 Å². The molecule has 0 bridgehead atoms. The molecule has 6 nitrogen and oxygen atoms in total. The number of carbonyl (C=O) groups is 2. The Labute approximate surface area is 173 Å². The number of aromatic nitrogens is 1. The van der Waals surface area contributed by atoms with Crippen molar-refractivity contribution in [1.29, 1.82) is 0 Å². The molecule has 2 aromatic rings. The molecule has 0 N–H and O–H groups in total. The Morgan fingerprint density at radius 3 is 2.64 bits per heavy atom. The van der Waals surface area contributed by atoms with Gasteiger partial charge in [-0.05, 0) is 25.0 Å². The molecular weight excluding hydrogens is 394 g/mol. The first kappa shape index (κ1) is 21.1. The molecule has 1 aliphatic rings. The lowest BCUT2D eigenvalue weighted by Crippen LogP contribution is -2.33. The smallest absolute Gasteiger partial charge is 0.258 e. The number of carbonyl (C=O) groups excluding carboxylic acids is 2. The fourth-order valence-corrected chi connectivity index (χ4v) is 5.05. The number of fused-ring (bicyclic) bond motifs is 1. The minimum Gasteiger partial charge on any atom is -0.383 e. The lowest BCUT2D eigenvalue weighted by atomic mass is 10.2. The Morgan fingerprint density at radius 2 is 1.89 bits per heavy atom. The van der Waals surface area contributed by atoms with Crippen molar-refractivity contribution in [3.63, 3.8) is 0 Å². The van der Waals surface area contributed by atoms with Crippen molar-refractivity contribution in [3.05, 3.63) is 29.1 Å². The summed E-state index contributed by atoms with van der Waals surface area (Å²) in [5, 5.41) is 0. The van der Waals surface area contributed by atoms with Crippen LogP contribution in [0, 0.1) is 0 Å². The summed E-state index contributed by atoms with van der Waals surface area (Å²) in [6, 6.07) is 8.02. The number of para-hydroxylation sites is 1. The van der Waals surface area contributed by atoms with Crippen LogP contribution in [0.1, 0.15) is 25.7 Å². The molecule has 0 radical (unpaired) electrons. The normalized spacial score (nSPS) is 15.8. The summed E-state index contributed by atoms with van der Waals surface area (Å²) in [6.45, 7) is 2.90. The number of methoxy groups -OCH3 is 1. The van der Waals surface area contributed by atoms with Crippen LogP contribution in [0.5, 0.6) is 0 Å². The van der Waals surface area contributed by atoms with E-state index in [-0.39, 0.29) is 17.6 Å². The van der Waals surface area contributed by atoms with Gasteiger partial charge in [0.25, 0.3) is 5.91 Å². The van der Waals surface area contributed by atoms with Gasteiger partial charge in [0.15, 0.2) is 4.80 Å². The minimum atomic E-state index is -0.202. The predicted octanol–water partition coefficient (Wildman–Crippen LogP) is 2.91. The molecule has 152 valence electrons. The summed E-state index contributed by atoms with van der Waals surface area (Å²) in [4.78, 5) is 31.6. The lowest BCUT2D eigenvalue weighted by molar-refractivity contribution is -0.128. The van der Waals surface area contributed by atoms with Crippen LogP contribution >= 0.6 is 23.1 Å². The molecule has 2 amide bonds. The fourth-order valence-electron chi connectivity index (χ4n) is 3.28. The van der Waals surface area contributed by atoms with Gasteiger partial charge in [-0.15, -0.1) is 11.8 Å². The number of rotatable bonds is 7. The highest BCUT2D eigenvalue weighted by molar-refractivity contribution is 8.00. The average Bonchev–Trinajstić information content (AvgIpc) is 2.86. The van der Waals surface area contributed by atoms with E-state index in [9.17, 15) is 9.59 Å². The van der Waals surface area contributed by atoms with E-state index < -0.39 is 0 Å². The Morgan fingerprint density at radius 1 is 1.14 bits per heavy atom. The van der Waals surface area contributed by atoms with Crippen molar-refractivity contribution in [2.45, 2.75) is 32.2 Å². The van der Waals surface area contributed by atoms with Gasteiger partial charge in [-0.2, -0.15) is 4.99 Å². The van der Waals surface area contributed by atoms with E-state index in [1.807, 2.05) is 33.7 Å². The van der Waals surface area contributed by atoms with Gasteiger partial charge in [0.05, 0.1) is 28.3 Å². The average molecular weight is 422 g/mol. The van der Waals surface area contributed by atoms with Gasteiger partial charge in [0.1, 0.15) is 0 Å². The second-order valence-electron chi connectivity index (χ2n) is 6.79. The molecule has 0 saturated carbocycles. The van der Waals surface area contributed by atoms with Gasteiger partial charge in [0.2, 0.25) is 5.91 Å². The van der Waals surface area contributed by atoms with Crippen molar-refractivity contribution in [2.75, 3.05) is 38.3 Å². The van der Waals surface area contributed by atoms with Crippen LogP contribution in [0.15, 0.2) is 29.3 Å². The van der Waals surface area contributed by atoms with Crippen LogP contribution in [0.2, 0.25) is 0 Å². The van der Waals surface area contributed by atoms with Crippen LogP contribution in [-0.2, 0) is 20.9 Å². The first-order chi connectivity index (χ1) is 13.7. The zero-order valence-corrected chi connectivity index (χ0v) is 17.9. The molecular formula is C20H27N3O3S2. The Kier molecular flexibility index (Phi) is 8.12. The quantitative estimate of drug-likeness (QED) is 0.690. The largest absolute Gasteiger partial charge is 0.383 e. The maximum atomic E-state index is 12.4. The molecule has 0 unspecified atom stereocenters. The molecule has 1 aliphatic heterocycles. The van der Waals surface area contributed by atoms with Crippen LogP contribution in [0.4, 0.5) is 0 Å². The van der Waals surface area contributed by atoms with Gasteiger partial charge in [-0.3, -0.25) is 9.59 Å². The molecule has 1 saturated heterocycles. The standard InChI is InChI=1S/C20H27N3O3S2/c1-26-13-12-23-16-8-4-5-9-17(16)28-20(23)21-18(24)14-27-15-19(25)22-10-6-2-3-7-11-22/h4-5,8-9H,2-3,6-7,10-15H2,1H3. The molecule has 3 rings (SSSR count). The van der Waals surface area contributed by atoms with Crippen LogP contribution in [0.25, 0.3) is 10.2 Å². The number of hydrogen-bond donors (Lipinski definition) is 0. The van der Waals surface area contributed by atoms with Gasteiger partial charge in [-0.25, -0.2) is 0 Å². The fraction of sp³-hybridized carbons (Fsp3) is 0.550. The van der Waals surface area contributed by atoms with Gasteiger partial charge in [-0.1, -0.05) is 36.3 Å². The van der Waals surface area contributed by atoms with Crippen LogP contribution < -0.4 is 4.80 Å².